The Balaban J connectivity index is 1.98. The van der Waals surface area contributed by atoms with Gasteiger partial charge in [0.05, 0.1) is 10.8 Å². The lowest BCUT2D eigenvalue weighted by atomic mass is 9.96. The number of thioether (sulfide) groups is 1. The lowest BCUT2D eigenvalue weighted by molar-refractivity contribution is -0.174. The Morgan fingerprint density at radius 1 is 1.19 bits per heavy atom. The lowest BCUT2D eigenvalue weighted by Gasteiger charge is -2.49. The Bertz CT molecular complexity index is 665. The summed E-state index contributed by atoms with van der Waals surface area (Å²) in [5, 5.41) is -0.273. The van der Waals surface area contributed by atoms with Crippen molar-refractivity contribution in [3.8, 4) is 0 Å². The van der Waals surface area contributed by atoms with Crippen LogP contribution in [0.25, 0.3) is 0 Å². The smallest absolute Gasteiger partial charge is 0.357 e. The Hall–Kier alpha value is -2.03. The Morgan fingerprint density at radius 3 is 2.42 bits per heavy atom. The summed E-state index contributed by atoms with van der Waals surface area (Å²) in [6.07, 6.45) is 0. The quantitative estimate of drug-likeness (QED) is 0.398. The monoisotopic (exact) mass is 385 g/mol. The second-order valence-electron chi connectivity index (χ2n) is 7.18. The number of carbonyl (C=O) groups is 4. The van der Waals surface area contributed by atoms with Crippen molar-refractivity contribution >= 4 is 35.6 Å². The van der Waals surface area contributed by atoms with Gasteiger partial charge >= 0.3 is 17.9 Å². The number of β-lactam (4-membered cyclic amide) rings is 1. The van der Waals surface area contributed by atoms with Crippen molar-refractivity contribution < 1.29 is 33.4 Å². The molecule has 0 radical (unpaired) electrons. The molecule has 9 heteroatoms. The molecular weight excluding hydrogens is 362 g/mol. The molecule has 2 aliphatic heterocycles. The molecule has 1 amide bonds. The Kier molecular flexibility index (Phi) is 6.00. The number of rotatable bonds is 5. The van der Waals surface area contributed by atoms with Gasteiger partial charge in [-0.1, -0.05) is 0 Å². The average Bonchev–Trinajstić information content (AvgIpc) is 2.53. The van der Waals surface area contributed by atoms with Crippen molar-refractivity contribution in [3.05, 3.63) is 11.3 Å². The zero-order valence-corrected chi connectivity index (χ0v) is 16.3. The van der Waals surface area contributed by atoms with Crippen LogP contribution in [0.2, 0.25) is 0 Å². The van der Waals surface area contributed by atoms with E-state index in [0.717, 1.165) is 0 Å². The molecule has 0 aliphatic carbocycles. The van der Waals surface area contributed by atoms with E-state index in [1.165, 1.54) is 23.6 Å². The van der Waals surface area contributed by atoms with Crippen LogP contribution in [0, 0.1) is 11.3 Å². The van der Waals surface area contributed by atoms with E-state index in [1.807, 2.05) is 0 Å². The normalized spacial score (nSPS) is 22.3. The minimum absolute atomic E-state index is 0.00704. The molecule has 144 valence electrons. The number of fused-ring (bicyclic) bond motifs is 1. The third kappa shape index (κ3) is 4.20. The van der Waals surface area contributed by atoms with Crippen LogP contribution in [0.5, 0.6) is 0 Å². The fourth-order valence-corrected chi connectivity index (χ4v) is 3.83. The number of ether oxygens (including phenoxy) is 3. The molecule has 2 aliphatic rings. The van der Waals surface area contributed by atoms with Gasteiger partial charge in [0, 0.05) is 12.7 Å². The topological polar surface area (TPSA) is 99.2 Å². The van der Waals surface area contributed by atoms with Crippen molar-refractivity contribution in [1.29, 1.82) is 0 Å². The summed E-state index contributed by atoms with van der Waals surface area (Å²) in [4.78, 5) is 48.8. The molecule has 2 rings (SSSR count). The molecular formula is C17H23NO7S. The Labute approximate surface area is 156 Å². The minimum Gasteiger partial charge on any atom is -0.465 e. The maximum Gasteiger partial charge on any atom is 0.357 e. The summed E-state index contributed by atoms with van der Waals surface area (Å²) in [6.45, 7) is 7.57. The largest absolute Gasteiger partial charge is 0.465 e. The standard InChI is InChI=1S/C17H23NO7S/c1-9-7-26-14-11(6-23-10(2)19)13(20)18(14)12(9)15(21)24-8-25-16(22)17(3,4)5/h11,14H,6-8H2,1-5H3/t11?,14-/m1/s1. The SMILES string of the molecule is CC(=O)OCC1C(=O)N2C(C(=O)OCOC(=O)C(C)(C)C)=C(C)CS[C@H]12. The molecule has 0 aromatic carbocycles. The Morgan fingerprint density at radius 2 is 1.85 bits per heavy atom. The summed E-state index contributed by atoms with van der Waals surface area (Å²) in [5.41, 5.74) is 0.174. The van der Waals surface area contributed by atoms with Crippen LogP contribution in [0.4, 0.5) is 0 Å². The number of hydrogen-bond acceptors (Lipinski definition) is 8. The second-order valence-corrected chi connectivity index (χ2v) is 8.28. The van der Waals surface area contributed by atoms with Crippen LogP contribution in [-0.4, -0.2) is 53.2 Å². The first-order valence-electron chi connectivity index (χ1n) is 8.16. The molecule has 1 unspecified atom stereocenters. The van der Waals surface area contributed by atoms with Gasteiger partial charge in [-0.3, -0.25) is 19.3 Å². The molecule has 0 aromatic rings. The second kappa shape index (κ2) is 7.69. The van der Waals surface area contributed by atoms with E-state index in [-0.39, 0.29) is 23.6 Å². The predicted octanol–water partition coefficient (Wildman–Crippen LogP) is 1.44. The molecule has 0 saturated carbocycles. The predicted molar refractivity (Wildman–Crippen MR) is 92.4 cm³/mol. The van der Waals surface area contributed by atoms with Gasteiger partial charge in [-0.25, -0.2) is 4.79 Å². The van der Waals surface area contributed by atoms with E-state index in [0.29, 0.717) is 11.3 Å². The summed E-state index contributed by atoms with van der Waals surface area (Å²) in [6, 6.07) is 0. The van der Waals surface area contributed by atoms with Crippen molar-refractivity contribution in [3.63, 3.8) is 0 Å². The van der Waals surface area contributed by atoms with E-state index < -0.39 is 36.0 Å². The summed E-state index contributed by atoms with van der Waals surface area (Å²) in [5.74, 6) is -1.87. The average molecular weight is 385 g/mol. The first-order chi connectivity index (χ1) is 12.0. The van der Waals surface area contributed by atoms with Crippen LogP contribution < -0.4 is 0 Å². The van der Waals surface area contributed by atoms with Crippen LogP contribution in [-0.2, 0) is 33.4 Å². The van der Waals surface area contributed by atoms with Gasteiger partial charge in [-0.15, -0.1) is 11.8 Å². The van der Waals surface area contributed by atoms with Crippen LogP contribution >= 0.6 is 11.8 Å². The fraction of sp³-hybridized carbons (Fsp3) is 0.647. The minimum atomic E-state index is -0.714. The molecule has 0 aromatic heterocycles. The van der Waals surface area contributed by atoms with Gasteiger partial charge in [0.15, 0.2) is 0 Å². The van der Waals surface area contributed by atoms with E-state index >= 15 is 0 Å². The van der Waals surface area contributed by atoms with Gasteiger partial charge in [0.25, 0.3) is 0 Å². The van der Waals surface area contributed by atoms with Gasteiger partial charge in [0.1, 0.15) is 18.2 Å². The zero-order valence-electron chi connectivity index (χ0n) is 15.5. The maximum absolute atomic E-state index is 12.4. The van der Waals surface area contributed by atoms with Crippen molar-refractivity contribution in [2.24, 2.45) is 11.3 Å². The maximum atomic E-state index is 12.4. The number of amides is 1. The number of hydrogen-bond donors (Lipinski definition) is 0. The van der Waals surface area contributed by atoms with E-state index in [2.05, 4.69) is 0 Å². The van der Waals surface area contributed by atoms with Gasteiger partial charge in [-0.2, -0.15) is 0 Å². The molecule has 2 heterocycles. The molecule has 0 spiro atoms. The van der Waals surface area contributed by atoms with E-state index in [4.69, 9.17) is 14.2 Å². The third-order valence-corrected chi connectivity index (χ3v) is 5.40. The highest BCUT2D eigenvalue weighted by atomic mass is 32.2. The molecule has 0 N–H and O–H groups in total. The van der Waals surface area contributed by atoms with Crippen molar-refractivity contribution in [2.45, 2.75) is 40.0 Å². The number of esters is 3. The highest BCUT2D eigenvalue weighted by Gasteiger charge is 2.53. The number of carbonyl (C=O) groups excluding carboxylic acids is 4. The molecule has 2 atom stereocenters. The fourth-order valence-electron chi connectivity index (χ4n) is 2.49. The molecule has 1 fully saturated rings. The highest BCUT2D eigenvalue weighted by Crippen LogP contribution is 2.43. The summed E-state index contributed by atoms with van der Waals surface area (Å²) < 4.78 is 14.9. The van der Waals surface area contributed by atoms with Crippen molar-refractivity contribution in [1.82, 2.24) is 4.90 Å². The first-order valence-corrected chi connectivity index (χ1v) is 9.21. The van der Waals surface area contributed by atoms with E-state index in [9.17, 15) is 19.2 Å². The van der Waals surface area contributed by atoms with Crippen LogP contribution in [0.1, 0.15) is 34.6 Å². The van der Waals surface area contributed by atoms with Gasteiger partial charge in [0.2, 0.25) is 12.7 Å². The lowest BCUT2D eigenvalue weighted by Crippen LogP contribution is -2.62. The molecule has 0 bridgehead atoms. The van der Waals surface area contributed by atoms with E-state index in [1.54, 1.807) is 27.7 Å². The third-order valence-electron chi connectivity index (χ3n) is 3.92. The van der Waals surface area contributed by atoms with Gasteiger partial charge in [-0.05, 0) is 33.3 Å². The van der Waals surface area contributed by atoms with Gasteiger partial charge < -0.3 is 14.2 Å². The summed E-state index contributed by atoms with van der Waals surface area (Å²) >= 11 is 1.50. The van der Waals surface area contributed by atoms with Crippen molar-refractivity contribution in [2.75, 3.05) is 19.2 Å². The molecule has 8 nitrogen and oxygen atoms in total. The van der Waals surface area contributed by atoms with Crippen LogP contribution in [0.15, 0.2) is 11.3 Å². The molecule has 1 saturated heterocycles. The zero-order chi connectivity index (χ0) is 19.6. The number of nitrogens with zero attached hydrogens (tertiary/aromatic N) is 1. The highest BCUT2D eigenvalue weighted by molar-refractivity contribution is 8.00. The van der Waals surface area contributed by atoms with Crippen LogP contribution in [0.3, 0.4) is 0 Å². The first kappa shape index (κ1) is 20.3. The summed E-state index contributed by atoms with van der Waals surface area (Å²) in [7, 11) is 0. The molecule has 26 heavy (non-hydrogen) atoms.